The third kappa shape index (κ3) is 3.43. The third-order valence-electron chi connectivity index (χ3n) is 4.19. The van der Waals surface area contributed by atoms with E-state index in [0.29, 0.717) is 0 Å². The number of halogens is 2. The first-order valence-corrected chi connectivity index (χ1v) is 8.58. The number of carboxylic acids is 1. The topological polar surface area (TPSA) is 192 Å². The van der Waals surface area contributed by atoms with E-state index in [-0.39, 0.29) is 33.1 Å². The molecule has 13 heteroatoms. The number of nitrogen functional groups attached to an aromatic ring is 2. The summed E-state index contributed by atoms with van der Waals surface area (Å²) in [5.41, 5.74) is 12.0. The van der Waals surface area contributed by atoms with E-state index < -0.39 is 36.6 Å². The maximum atomic E-state index is 11.2. The lowest BCUT2D eigenvalue weighted by Crippen LogP contribution is -2.66. The molecular formula is C15H15Cl2N5O6. The predicted octanol–water partition coefficient (Wildman–Crippen LogP) is -2.37. The van der Waals surface area contributed by atoms with E-state index >= 15 is 0 Å². The molecule has 7 N–H and O–H groups in total. The van der Waals surface area contributed by atoms with Crippen molar-refractivity contribution in [2.45, 2.75) is 30.6 Å². The molecule has 1 fully saturated rings. The van der Waals surface area contributed by atoms with Crippen LogP contribution in [0.1, 0.15) is 6.23 Å². The number of rotatable bonds is 3. The van der Waals surface area contributed by atoms with Crippen molar-refractivity contribution < 1.29 is 34.6 Å². The zero-order valence-electron chi connectivity index (χ0n) is 13.9. The summed E-state index contributed by atoms with van der Waals surface area (Å²) in [5, 5.41) is 45.7. The van der Waals surface area contributed by atoms with Crippen LogP contribution in [0.15, 0.2) is 18.2 Å². The Hall–Kier alpha value is -2.28. The van der Waals surface area contributed by atoms with Crippen molar-refractivity contribution >= 4 is 40.9 Å². The molecule has 1 aliphatic rings. The number of aliphatic hydroxyl groups excluding tert-OH is 3. The van der Waals surface area contributed by atoms with E-state index in [1.165, 1.54) is 0 Å². The van der Waals surface area contributed by atoms with Crippen LogP contribution in [0.5, 0.6) is 0 Å². The number of ether oxygens (including phenoxy) is 1. The summed E-state index contributed by atoms with van der Waals surface area (Å²) in [7, 11) is 0. The number of aromatic nitrogens is 3. The molecule has 1 saturated heterocycles. The Bertz CT molecular complexity index is 932. The van der Waals surface area contributed by atoms with Gasteiger partial charge in [0.05, 0.1) is 16.0 Å². The Morgan fingerprint density at radius 2 is 1.86 bits per heavy atom. The van der Waals surface area contributed by atoms with Crippen LogP contribution in [0.4, 0.5) is 11.8 Å². The Labute approximate surface area is 167 Å². The molecular weight excluding hydrogens is 417 g/mol. The molecule has 150 valence electrons. The first-order chi connectivity index (χ1) is 13.1. The van der Waals surface area contributed by atoms with Gasteiger partial charge in [-0.05, 0) is 11.1 Å². The molecule has 0 spiro atoms. The quantitative estimate of drug-likeness (QED) is 0.328. The summed E-state index contributed by atoms with van der Waals surface area (Å²) < 4.78 is 5.97. The monoisotopic (exact) mass is 431 g/mol. The van der Waals surface area contributed by atoms with Gasteiger partial charge in [-0.1, -0.05) is 35.3 Å². The van der Waals surface area contributed by atoms with Gasteiger partial charge < -0.3 is 35.7 Å². The second-order valence-corrected chi connectivity index (χ2v) is 6.77. The highest BCUT2D eigenvalue weighted by atomic mass is 35.5. The number of carbonyl (C=O) groups excluding carboxylic acids is 1. The number of nitrogens with two attached hydrogens (primary N) is 2. The van der Waals surface area contributed by atoms with Gasteiger partial charge in [0.25, 0.3) is 0 Å². The zero-order valence-corrected chi connectivity index (χ0v) is 15.4. The number of carbonyl (C=O) groups is 1. The van der Waals surface area contributed by atoms with Gasteiger partial charge in [0, 0.05) is 5.56 Å². The minimum Gasteiger partial charge on any atom is -0.547 e. The van der Waals surface area contributed by atoms with E-state index in [9.17, 15) is 25.2 Å². The molecule has 28 heavy (non-hydrogen) atoms. The van der Waals surface area contributed by atoms with Crippen LogP contribution in [0.2, 0.25) is 10.0 Å². The highest BCUT2D eigenvalue weighted by molar-refractivity contribution is 6.43. The van der Waals surface area contributed by atoms with Gasteiger partial charge in [-0.3, -0.25) is 5.73 Å². The van der Waals surface area contributed by atoms with Crippen LogP contribution < -0.4 is 21.3 Å². The van der Waals surface area contributed by atoms with Crippen molar-refractivity contribution in [3.8, 4) is 11.3 Å². The number of hydrogen-bond donors (Lipinski definition) is 5. The molecule has 5 atom stereocenters. The van der Waals surface area contributed by atoms with E-state index in [0.717, 1.165) is 4.68 Å². The summed E-state index contributed by atoms with van der Waals surface area (Å²) in [6.07, 6.45) is -9.18. The number of nitrogens with zero attached hydrogens (tertiary/aromatic N) is 3. The lowest BCUT2D eigenvalue weighted by atomic mass is 9.98. The minimum absolute atomic E-state index is 0.0168. The number of aliphatic hydroxyl groups is 3. The maximum Gasteiger partial charge on any atom is 0.413 e. The Balaban J connectivity index is 2.12. The van der Waals surface area contributed by atoms with Crippen molar-refractivity contribution in [2.24, 2.45) is 0 Å². The smallest absolute Gasteiger partial charge is 0.413 e. The zero-order chi connectivity index (χ0) is 20.7. The van der Waals surface area contributed by atoms with E-state index in [1.54, 1.807) is 18.2 Å². The fourth-order valence-electron chi connectivity index (χ4n) is 2.76. The second kappa shape index (κ2) is 7.62. The molecule has 11 nitrogen and oxygen atoms in total. The van der Waals surface area contributed by atoms with Crippen LogP contribution in [0.3, 0.4) is 0 Å². The molecule has 3 rings (SSSR count). The summed E-state index contributed by atoms with van der Waals surface area (Å²) in [4.78, 5) is 15.1. The molecule has 1 aromatic carbocycles. The standard InChI is InChI=1S/C15H15Cl2N5O6/c16-5-3-1-2-4(6(5)17)7-12(18)20-15(19)22(21-7)13-10(25)8(23)9(24)11(28-13)14(26)27/h1-3,8-11,13,23-25H,(H4,18,19,20,26,27)/t8-,9-,10+,11-,13+/m0/s1. The molecule has 2 heterocycles. The fraction of sp³-hybridized carbons (Fsp3) is 0.333. The number of anilines is 2. The van der Waals surface area contributed by atoms with Crippen molar-refractivity contribution in [1.82, 2.24) is 10.1 Å². The van der Waals surface area contributed by atoms with E-state index in [4.69, 9.17) is 39.4 Å². The van der Waals surface area contributed by atoms with Gasteiger partial charge in [-0.2, -0.15) is 0 Å². The number of hydrogen-bond acceptors (Lipinski definition) is 10. The fourth-order valence-corrected chi connectivity index (χ4v) is 3.15. The van der Waals surface area contributed by atoms with Gasteiger partial charge in [0.15, 0.2) is 5.69 Å². The van der Waals surface area contributed by atoms with Crippen LogP contribution in [0.25, 0.3) is 11.3 Å². The molecule has 1 aliphatic heterocycles. The SMILES string of the molecule is Nc1nc(N)[n+]([C@@H]2O[C@H](C(=O)[O-])[C@@H](O)[C@H](O)[C@H]2O)nc1-c1cccc(Cl)c1Cl. The van der Waals surface area contributed by atoms with Gasteiger partial charge >= 0.3 is 5.95 Å². The third-order valence-corrected chi connectivity index (χ3v) is 5.01. The minimum atomic E-state index is -1.95. The molecule has 0 radical (unpaired) electrons. The van der Waals surface area contributed by atoms with Gasteiger partial charge in [0.1, 0.15) is 24.4 Å². The summed E-state index contributed by atoms with van der Waals surface area (Å²) in [6, 6.07) is 4.68. The lowest BCUT2D eigenvalue weighted by Gasteiger charge is -2.39. The van der Waals surface area contributed by atoms with Crippen molar-refractivity contribution in [1.29, 1.82) is 0 Å². The first kappa shape index (κ1) is 20.5. The summed E-state index contributed by atoms with van der Waals surface area (Å²) in [6.45, 7) is 0. The van der Waals surface area contributed by atoms with Crippen molar-refractivity contribution in [3.63, 3.8) is 0 Å². The Morgan fingerprint density at radius 3 is 2.50 bits per heavy atom. The van der Waals surface area contributed by atoms with Gasteiger partial charge in [0.2, 0.25) is 12.0 Å². The summed E-state index contributed by atoms with van der Waals surface area (Å²) in [5.74, 6) is -2.28. The maximum absolute atomic E-state index is 11.2. The molecule has 0 amide bonds. The van der Waals surface area contributed by atoms with Crippen molar-refractivity contribution in [2.75, 3.05) is 11.5 Å². The Morgan fingerprint density at radius 1 is 1.18 bits per heavy atom. The molecule has 2 aromatic rings. The average Bonchev–Trinajstić information content (AvgIpc) is 2.63. The molecule has 0 aliphatic carbocycles. The molecule has 0 saturated carbocycles. The highest BCUT2D eigenvalue weighted by Crippen LogP contribution is 2.34. The number of aliphatic carboxylic acids is 1. The number of benzene rings is 1. The van der Waals surface area contributed by atoms with Crippen molar-refractivity contribution in [3.05, 3.63) is 28.2 Å². The highest BCUT2D eigenvalue weighted by Gasteiger charge is 2.48. The van der Waals surface area contributed by atoms with Crippen LogP contribution in [-0.2, 0) is 9.53 Å². The lowest BCUT2D eigenvalue weighted by molar-refractivity contribution is -0.813. The summed E-state index contributed by atoms with van der Waals surface area (Å²) >= 11 is 12.2. The van der Waals surface area contributed by atoms with Gasteiger partial charge in [-0.25, -0.2) is 0 Å². The predicted molar refractivity (Wildman–Crippen MR) is 93.4 cm³/mol. The van der Waals surface area contributed by atoms with Gasteiger partial charge in [-0.15, -0.1) is 9.78 Å². The normalized spacial score (nSPS) is 27.5. The Kier molecular flexibility index (Phi) is 5.57. The average molecular weight is 432 g/mol. The second-order valence-electron chi connectivity index (χ2n) is 5.99. The largest absolute Gasteiger partial charge is 0.547 e. The molecule has 1 aromatic heterocycles. The molecule has 0 bridgehead atoms. The van der Waals surface area contributed by atoms with E-state index in [1.807, 2.05) is 0 Å². The van der Waals surface area contributed by atoms with Crippen LogP contribution in [-0.4, -0.2) is 55.8 Å². The van der Waals surface area contributed by atoms with E-state index in [2.05, 4.69) is 10.1 Å². The first-order valence-electron chi connectivity index (χ1n) is 7.83. The molecule has 0 unspecified atom stereocenters. The van der Waals surface area contributed by atoms with Crippen LogP contribution in [0, 0.1) is 0 Å². The van der Waals surface area contributed by atoms with Crippen LogP contribution >= 0.6 is 23.2 Å². The number of carboxylic acid groups (broad SMARTS) is 1.